The number of methoxy groups -OCH3 is 2. The third kappa shape index (κ3) is 4.49. The molecule has 1 aliphatic rings. The predicted molar refractivity (Wildman–Crippen MR) is 145 cm³/mol. The Kier molecular flexibility index (Phi) is 6.93. The summed E-state index contributed by atoms with van der Waals surface area (Å²) in [6.07, 6.45) is 0.969. The van der Waals surface area contributed by atoms with Crippen LogP contribution in [-0.2, 0) is 13.0 Å². The molecule has 1 aromatic heterocycles. The molecule has 0 aliphatic carbocycles. The largest absolute Gasteiger partial charge is 0.497 e. The van der Waals surface area contributed by atoms with E-state index in [1.54, 1.807) is 14.2 Å². The number of benzene rings is 3. The fourth-order valence-electron chi connectivity index (χ4n) is 4.53. The molecule has 34 heavy (non-hydrogen) atoms. The van der Waals surface area contributed by atoms with Gasteiger partial charge in [-0.05, 0) is 91.9 Å². The minimum atomic E-state index is 0.0537. The Bertz CT molecular complexity index is 1350. The fraction of sp³-hybridized carbons (Fsp3) is 0.231. The van der Waals surface area contributed by atoms with Crippen LogP contribution >= 0.6 is 47.8 Å². The summed E-state index contributed by atoms with van der Waals surface area (Å²) in [5.74, 6) is 2.42. The molecule has 0 saturated carbocycles. The first-order valence-corrected chi connectivity index (χ1v) is 13.2. The van der Waals surface area contributed by atoms with E-state index < -0.39 is 0 Å². The molecule has 0 saturated heterocycles. The van der Waals surface area contributed by atoms with Crippen LogP contribution in [0.4, 0.5) is 0 Å². The molecule has 1 atom stereocenters. The van der Waals surface area contributed by atoms with Crippen LogP contribution in [0.1, 0.15) is 28.4 Å². The molecule has 2 heterocycles. The molecule has 0 unspecified atom stereocenters. The first-order chi connectivity index (χ1) is 16.5. The van der Waals surface area contributed by atoms with Gasteiger partial charge in [0.15, 0.2) is 0 Å². The first-order valence-electron chi connectivity index (χ1n) is 10.8. The topological polar surface area (TPSA) is 55.5 Å². The lowest BCUT2D eigenvalue weighted by Crippen LogP contribution is -2.30. The summed E-state index contributed by atoms with van der Waals surface area (Å²) in [7, 11) is 3.39. The average molecular weight is 651 g/mol. The van der Waals surface area contributed by atoms with Gasteiger partial charge in [0.05, 0.1) is 29.2 Å². The predicted octanol–water partition coefficient (Wildman–Crippen LogP) is 7.29. The summed E-state index contributed by atoms with van der Waals surface area (Å²) < 4.78 is 20.0. The van der Waals surface area contributed by atoms with Crippen LogP contribution in [0.15, 0.2) is 61.9 Å². The highest BCUT2D eigenvalue weighted by molar-refractivity contribution is 9.11. The van der Waals surface area contributed by atoms with Crippen LogP contribution in [0.2, 0.25) is 0 Å². The van der Waals surface area contributed by atoms with Crippen LogP contribution in [0.5, 0.6) is 17.2 Å². The van der Waals surface area contributed by atoms with Gasteiger partial charge in [-0.3, -0.25) is 0 Å². The molecular formula is C26H23Br3N2O3. The van der Waals surface area contributed by atoms with E-state index in [0.717, 1.165) is 60.3 Å². The standard InChI is InChI=1S/C26H23Br3N2O3/c1-32-17-4-5-22-19(12-17)18-7-8-30-24(25(18)31-22)14-3-6-23(33-2)15(9-14)13-34-26-20(28)10-16(27)11-21(26)29/h3-6,9-12,24,30-31H,7-8,13H2,1-2H3/t24-/m0/s1. The van der Waals surface area contributed by atoms with Crippen molar-refractivity contribution in [3.05, 3.63) is 84.3 Å². The Balaban J connectivity index is 1.49. The van der Waals surface area contributed by atoms with Crippen LogP contribution in [-0.4, -0.2) is 25.7 Å². The molecule has 0 fully saturated rings. The van der Waals surface area contributed by atoms with Gasteiger partial charge in [0.25, 0.3) is 0 Å². The second kappa shape index (κ2) is 9.93. The van der Waals surface area contributed by atoms with Crippen molar-refractivity contribution in [1.29, 1.82) is 0 Å². The Morgan fingerprint density at radius 2 is 1.74 bits per heavy atom. The lowest BCUT2D eigenvalue weighted by Gasteiger charge is -2.26. The Morgan fingerprint density at radius 3 is 2.47 bits per heavy atom. The number of halogens is 3. The first kappa shape index (κ1) is 23.7. The molecule has 8 heteroatoms. The van der Waals surface area contributed by atoms with Crippen LogP contribution in [0.25, 0.3) is 10.9 Å². The van der Waals surface area contributed by atoms with Gasteiger partial charge in [-0.2, -0.15) is 0 Å². The van der Waals surface area contributed by atoms with Crippen LogP contribution < -0.4 is 19.5 Å². The third-order valence-corrected chi connectivity index (χ3v) is 7.77. The van der Waals surface area contributed by atoms with Crippen molar-refractivity contribution in [1.82, 2.24) is 10.3 Å². The quantitative estimate of drug-likeness (QED) is 0.230. The van der Waals surface area contributed by atoms with E-state index in [2.05, 4.69) is 82.4 Å². The maximum absolute atomic E-state index is 6.20. The second-order valence-electron chi connectivity index (χ2n) is 8.12. The van der Waals surface area contributed by atoms with E-state index in [-0.39, 0.29) is 6.04 Å². The van der Waals surface area contributed by atoms with Gasteiger partial charge in [0.1, 0.15) is 23.9 Å². The number of fused-ring (bicyclic) bond motifs is 3. The van der Waals surface area contributed by atoms with Crippen molar-refractivity contribution in [2.24, 2.45) is 0 Å². The summed E-state index contributed by atoms with van der Waals surface area (Å²) in [4.78, 5) is 3.64. The van der Waals surface area contributed by atoms with Crippen molar-refractivity contribution in [2.75, 3.05) is 20.8 Å². The Labute approximate surface area is 223 Å². The van der Waals surface area contributed by atoms with Gasteiger partial charge in [-0.15, -0.1) is 0 Å². The molecule has 0 radical (unpaired) electrons. The van der Waals surface area contributed by atoms with Gasteiger partial charge in [0, 0.05) is 33.2 Å². The number of rotatable bonds is 6. The summed E-state index contributed by atoms with van der Waals surface area (Å²) >= 11 is 10.7. The minimum absolute atomic E-state index is 0.0537. The van der Waals surface area contributed by atoms with E-state index in [1.807, 2.05) is 24.3 Å². The highest BCUT2D eigenvalue weighted by Gasteiger charge is 2.26. The van der Waals surface area contributed by atoms with E-state index in [1.165, 1.54) is 16.6 Å². The Hall–Kier alpha value is -2.00. The van der Waals surface area contributed by atoms with E-state index >= 15 is 0 Å². The molecule has 3 aromatic carbocycles. The lowest BCUT2D eigenvalue weighted by atomic mass is 9.93. The van der Waals surface area contributed by atoms with Gasteiger partial charge < -0.3 is 24.5 Å². The zero-order chi connectivity index (χ0) is 23.8. The number of hydrogen-bond donors (Lipinski definition) is 2. The van der Waals surface area contributed by atoms with Crippen molar-refractivity contribution in [3.63, 3.8) is 0 Å². The van der Waals surface area contributed by atoms with Gasteiger partial charge in [0.2, 0.25) is 0 Å². The summed E-state index contributed by atoms with van der Waals surface area (Å²) in [5, 5.41) is 4.90. The minimum Gasteiger partial charge on any atom is -0.497 e. The number of aromatic amines is 1. The SMILES string of the molecule is COc1ccc2[nH]c3c(c2c1)CCN[C@H]3c1ccc(OC)c(COc2c(Br)cc(Br)cc2Br)c1. The molecule has 4 aromatic rings. The second-order valence-corrected chi connectivity index (χ2v) is 10.7. The van der Waals surface area contributed by atoms with Crippen molar-refractivity contribution >= 4 is 58.7 Å². The number of aromatic nitrogens is 1. The molecule has 0 bridgehead atoms. The normalized spacial score (nSPS) is 15.3. The smallest absolute Gasteiger partial charge is 0.148 e. The third-order valence-electron chi connectivity index (χ3n) is 6.13. The van der Waals surface area contributed by atoms with Crippen LogP contribution in [0.3, 0.4) is 0 Å². The van der Waals surface area contributed by atoms with E-state index in [4.69, 9.17) is 14.2 Å². The molecule has 1 aliphatic heterocycles. The maximum Gasteiger partial charge on any atom is 0.148 e. The van der Waals surface area contributed by atoms with E-state index in [9.17, 15) is 0 Å². The molecule has 0 spiro atoms. The average Bonchev–Trinajstić information content (AvgIpc) is 3.21. The van der Waals surface area contributed by atoms with Gasteiger partial charge in [-0.1, -0.05) is 22.0 Å². The summed E-state index contributed by atoms with van der Waals surface area (Å²) in [6.45, 7) is 1.28. The maximum atomic E-state index is 6.20. The monoisotopic (exact) mass is 648 g/mol. The summed E-state index contributed by atoms with van der Waals surface area (Å²) in [5.41, 5.74) is 5.81. The molecule has 176 valence electrons. The number of hydrogen-bond acceptors (Lipinski definition) is 4. The fourth-order valence-corrected chi connectivity index (χ4v) is 7.01. The molecule has 0 amide bonds. The van der Waals surface area contributed by atoms with Crippen molar-refractivity contribution in [2.45, 2.75) is 19.1 Å². The van der Waals surface area contributed by atoms with Crippen molar-refractivity contribution < 1.29 is 14.2 Å². The highest BCUT2D eigenvalue weighted by Crippen LogP contribution is 2.39. The zero-order valence-corrected chi connectivity index (χ0v) is 23.4. The lowest BCUT2D eigenvalue weighted by molar-refractivity contribution is 0.293. The molecule has 5 rings (SSSR count). The zero-order valence-electron chi connectivity index (χ0n) is 18.7. The van der Waals surface area contributed by atoms with Crippen molar-refractivity contribution in [3.8, 4) is 17.2 Å². The Morgan fingerprint density at radius 1 is 0.941 bits per heavy atom. The van der Waals surface area contributed by atoms with Crippen LogP contribution in [0, 0.1) is 0 Å². The van der Waals surface area contributed by atoms with Gasteiger partial charge in [-0.25, -0.2) is 0 Å². The van der Waals surface area contributed by atoms with E-state index in [0.29, 0.717) is 6.61 Å². The molecular weight excluding hydrogens is 628 g/mol. The summed E-state index contributed by atoms with van der Waals surface area (Å²) in [6, 6.07) is 16.5. The number of ether oxygens (including phenoxy) is 3. The molecule has 2 N–H and O–H groups in total. The van der Waals surface area contributed by atoms with Gasteiger partial charge >= 0.3 is 0 Å². The molecule has 5 nitrogen and oxygen atoms in total. The number of nitrogens with one attached hydrogen (secondary N) is 2. The number of H-pyrrole nitrogens is 1. The highest BCUT2D eigenvalue weighted by atomic mass is 79.9.